The molecule has 0 bridgehead atoms. The van der Waals surface area contributed by atoms with Crippen LogP contribution < -0.4 is 11.1 Å². The predicted molar refractivity (Wildman–Crippen MR) is 113 cm³/mol. The minimum absolute atomic E-state index is 0.0260. The van der Waals surface area contributed by atoms with Gasteiger partial charge in [-0.25, -0.2) is 8.42 Å². The zero-order chi connectivity index (χ0) is 22.1. The number of carbonyl (C=O) groups is 2. The number of aromatic nitrogens is 1. The minimum atomic E-state index is -3.76. The molecule has 2 heterocycles. The number of nitrogens with two attached hydrogens (primary N) is 1. The van der Waals surface area contributed by atoms with Crippen LogP contribution in [-0.4, -0.2) is 42.2 Å². The van der Waals surface area contributed by atoms with E-state index in [1.165, 1.54) is 21.1 Å². The number of rotatable bonds is 6. The SMILES string of the molecule is C[C@H](NC(=O)C1CCN(S(=O)(=O)c2cc(C(N)=O)n(C)c2)CC1)c1ccc(Cl)cc1. The highest BCUT2D eigenvalue weighted by molar-refractivity contribution is 7.89. The zero-order valence-electron chi connectivity index (χ0n) is 16.8. The molecule has 0 saturated carbocycles. The molecule has 0 unspecified atom stereocenters. The van der Waals surface area contributed by atoms with Crippen molar-refractivity contribution in [2.75, 3.05) is 13.1 Å². The molecule has 3 rings (SSSR count). The second kappa shape index (κ2) is 8.79. The van der Waals surface area contributed by atoms with E-state index in [0.717, 1.165) is 5.56 Å². The van der Waals surface area contributed by atoms with Crippen molar-refractivity contribution in [2.24, 2.45) is 18.7 Å². The van der Waals surface area contributed by atoms with Gasteiger partial charge in [0.2, 0.25) is 15.9 Å². The van der Waals surface area contributed by atoms with Gasteiger partial charge in [-0.05, 0) is 43.5 Å². The Hall–Kier alpha value is -2.36. The van der Waals surface area contributed by atoms with E-state index in [1.54, 1.807) is 19.2 Å². The van der Waals surface area contributed by atoms with Gasteiger partial charge in [0.15, 0.2) is 0 Å². The Labute approximate surface area is 181 Å². The van der Waals surface area contributed by atoms with Crippen molar-refractivity contribution < 1.29 is 18.0 Å². The van der Waals surface area contributed by atoms with Gasteiger partial charge in [0.05, 0.1) is 6.04 Å². The number of primary amides is 1. The highest BCUT2D eigenvalue weighted by atomic mass is 35.5. The molecule has 0 spiro atoms. The lowest BCUT2D eigenvalue weighted by Crippen LogP contribution is -2.43. The summed E-state index contributed by atoms with van der Waals surface area (Å²) in [4.78, 5) is 24.1. The topological polar surface area (TPSA) is 114 Å². The molecule has 10 heteroatoms. The van der Waals surface area contributed by atoms with Gasteiger partial charge < -0.3 is 15.6 Å². The number of benzene rings is 1. The Morgan fingerprint density at radius 3 is 2.33 bits per heavy atom. The van der Waals surface area contributed by atoms with E-state index >= 15 is 0 Å². The summed E-state index contributed by atoms with van der Waals surface area (Å²) in [5.74, 6) is -1.04. The second-order valence-corrected chi connectivity index (χ2v) is 9.87. The van der Waals surface area contributed by atoms with Gasteiger partial charge in [0, 0.05) is 37.3 Å². The number of amides is 2. The Balaban J connectivity index is 1.61. The first kappa shape index (κ1) is 22.3. The van der Waals surface area contributed by atoms with Crippen LogP contribution in [0.3, 0.4) is 0 Å². The van der Waals surface area contributed by atoms with E-state index < -0.39 is 15.9 Å². The summed E-state index contributed by atoms with van der Waals surface area (Å²) in [6.45, 7) is 2.36. The fraction of sp³-hybridized carbons (Fsp3) is 0.400. The number of hydrogen-bond donors (Lipinski definition) is 2. The first-order chi connectivity index (χ1) is 14.1. The molecule has 1 aliphatic heterocycles. The molecule has 2 amide bonds. The minimum Gasteiger partial charge on any atom is -0.364 e. The molecule has 1 saturated heterocycles. The van der Waals surface area contributed by atoms with Gasteiger partial charge in [0.25, 0.3) is 5.91 Å². The number of nitrogens with zero attached hydrogens (tertiary/aromatic N) is 2. The Kier molecular flexibility index (Phi) is 6.54. The summed E-state index contributed by atoms with van der Waals surface area (Å²) in [6, 6.07) is 8.38. The largest absolute Gasteiger partial charge is 0.364 e. The molecule has 1 fully saturated rings. The molecule has 0 radical (unpaired) electrons. The summed E-state index contributed by atoms with van der Waals surface area (Å²) in [5, 5.41) is 3.62. The Bertz CT molecular complexity index is 1040. The van der Waals surface area contributed by atoms with Gasteiger partial charge in [-0.15, -0.1) is 0 Å². The van der Waals surface area contributed by atoms with Crippen LogP contribution in [0.5, 0.6) is 0 Å². The lowest BCUT2D eigenvalue weighted by atomic mass is 9.96. The molecule has 1 aliphatic rings. The van der Waals surface area contributed by atoms with Crippen LogP contribution in [0, 0.1) is 5.92 Å². The molecule has 0 aliphatic carbocycles. The number of piperidine rings is 1. The monoisotopic (exact) mass is 452 g/mol. The molecule has 1 atom stereocenters. The van der Waals surface area contributed by atoms with Gasteiger partial charge in [-0.3, -0.25) is 9.59 Å². The van der Waals surface area contributed by atoms with E-state index in [0.29, 0.717) is 17.9 Å². The fourth-order valence-corrected chi connectivity index (χ4v) is 5.26. The number of carbonyl (C=O) groups excluding carboxylic acids is 2. The van der Waals surface area contributed by atoms with Crippen LogP contribution in [-0.2, 0) is 21.9 Å². The Morgan fingerprint density at radius 1 is 1.20 bits per heavy atom. The molecule has 8 nitrogen and oxygen atoms in total. The van der Waals surface area contributed by atoms with Gasteiger partial charge in [-0.1, -0.05) is 23.7 Å². The average molecular weight is 453 g/mol. The number of sulfonamides is 1. The third-order valence-corrected chi connectivity index (χ3v) is 7.54. The lowest BCUT2D eigenvalue weighted by Gasteiger charge is -2.31. The summed E-state index contributed by atoms with van der Waals surface area (Å²) < 4.78 is 28.5. The highest BCUT2D eigenvalue weighted by Crippen LogP contribution is 2.26. The maximum atomic E-state index is 12.9. The summed E-state index contributed by atoms with van der Waals surface area (Å²) in [5.41, 5.74) is 6.34. The van der Waals surface area contributed by atoms with Crippen molar-refractivity contribution >= 4 is 33.4 Å². The van der Waals surface area contributed by atoms with E-state index in [1.807, 2.05) is 19.1 Å². The quantitative estimate of drug-likeness (QED) is 0.697. The number of halogens is 1. The fourth-order valence-electron chi connectivity index (χ4n) is 3.59. The highest BCUT2D eigenvalue weighted by Gasteiger charge is 2.33. The lowest BCUT2D eigenvalue weighted by molar-refractivity contribution is -0.126. The maximum absolute atomic E-state index is 12.9. The van der Waals surface area contributed by atoms with Crippen LogP contribution in [0.25, 0.3) is 0 Å². The van der Waals surface area contributed by atoms with Crippen LogP contribution in [0.1, 0.15) is 41.9 Å². The smallest absolute Gasteiger partial charge is 0.265 e. The average Bonchev–Trinajstić information content (AvgIpc) is 3.11. The van der Waals surface area contributed by atoms with Crippen molar-refractivity contribution in [3.63, 3.8) is 0 Å². The first-order valence-electron chi connectivity index (χ1n) is 9.61. The Morgan fingerprint density at radius 2 is 1.80 bits per heavy atom. The van der Waals surface area contributed by atoms with Crippen LogP contribution in [0.2, 0.25) is 5.02 Å². The van der Waals surface area contributed by atoms with Crippen molar-refractivity contribution in [3.05, 3.63) is 52.8 Å². The number of nitrogens with one attached hydrogen (secondary N) is 1. The second-order valence-electron chi connectivity index (χ2n) is 7.50. The van der Waals surface area contributed by atoms with Gasteiger partial charge in [0.1, 0.15) is 10.6 Å². The summed E-state index contributed by atoms with van der Waals surface area (Å²) in [7, 11) is -2.19. The van der Waals surface area contributed by atoms with E-state index in [4.69, 9.17) is 17.3 Å². The number of aryl methyl sites for hydroxylation is 1. The normalized spacial score (nSPS) is 16.9. The van der Waals surface area contributed by atoms with Crippen LogP contribution in [0.4, 0.5) is 0 Å². The van der Waals surface area contributed by atoms with Crippen molar-refractivity contribution in [1.82, 2.24) is 14.2 Å². The number of hydrogen-bond acceptors (Lipinski definition) is 4. The molecule has 162 valence electrons. The third kappa shape index (κ3) is 4.69. The first-order valence-corrected chi connectivity index (χ1v) is 11.4. The van der Waals surface area contributed by atoms with E-state index in [9.17, 15) is 18.0 Å². The molecule has 2 aromatic rings. The molecule has 3 N–H and O–H groups in total. The van der Waals surface area contributed by atoms with Crippen molar-refractivity contribution in [1.29, 1.82) is 0 Å². The van der Waals surface area contributed by atoms with Crippen LogP contribution in [0.15, 0.2) is 41.4 Å². The van der Waals surface area contributed by atoms with Gasteiger partial charge in [-0.2, -0.15) is 4.31 Å². The summed E-state index contributed by atoms with van der Waals surface area (Å²) >= 11 is 5.90. The standard InChI is InChI=1S/C20H25ClN4O4S/c1-13(14-3-5-16(21)6-4-14)23-20(27)15-7-9-25(10-8-15)30(28,29)17-11-18(19(22)26)24(2)12-17/h3-6,11-13,15H,7-10H2,1-2H3,(H2,22,26)(H,23,27)/t13-/m0/s1. The third-order valence-electron chi connectivity index (χ3n) is 5.42. The maximum Gasteiger partial charge on any atom is 0.265 e. The van der Waals surface area contributed by atoms with E-state index in [-0.39, 0.29) is 41.5 Å². The zero-order valence-corrected chi connectivity index (χ0v) is 18.4. The molecular formula is C20H25ClN4O4S. The predicted octanol–water partition coefficient (Wildman–Crippen LogP) is 2.06. The molecular weight excluding hydrogens is 428 g/mol. The van der Waals surface area contributed by atoms with Crippen LogP contribution >= 0.6 is 11.6 Å². The van der Waals surface area contributed by atoms with E-state index in [2.05, 4.69) is 5.32 Å². The molecule has 1 aromatic carbocycles. The van der Waals surface area contributed by atoms with Gasteiger partial charge >= 0.3 is 0 Å². The van der Waals surface area contributed by atoms with Crippen molar-refractivity contribution in [2.45, 2.75) is 30.7 Å². The summed E-state index contributed by atoms with van der Waals surface area (Å²) in [6.07, 6.45) is 2.23. The molecule has 1 aromatic heterocycles. The van der Waals surface area contributed by atoms with Crippen molar-refractivity contribution in [3.8, 4) is 0 Å². The molecule has 30 heavy (non-hydrogen) atoms.